The third kappa shape index (κ3) is 3.93. The van der Waals surface area contributed by atoms with Gasteiger partial charge in [0.15, 0.2) is 11.5 Å². The number of piperazine rings is 1. The summed E-state index contributed by atoms with van der Waals surface area (Å²) >= 11 is 0. The normalized spacial score (nSPS) is 20.8. The van der Waals surface area contributed by atoms with Gasteiger partial charge in [-0.15, -0.1) is 12.4 Å². The number of hydrogen-bond donors (Lipinski definition) is 1. The van der Waals surface area contributed by atoms with Gasteiger partial charge >= 0.3 is 0 Å². The van der Waals surface area contributed by atoms with Gasteiger partial charge in [-0.05, 0) is 30.5 Å². The first-order valence-electron chi connectivity index (χ1n) is 8.44. The zero-order valence-electron chi connectivity index (χ0n) is 14.3. The van der Waals surface area contributed by atoms with E-state index in [1.807, 2.05) is 6.07 Å². The first-order valence-corrected chi connectivity index (χ1v) is 8.44. The molecule has 23 heavy (non-hydrogen) atoms. The molecule has 0 atom stereocenters. The number of nitrogens with zero attached hydrogens (tertiary/aromatic N) is 1. The molecule has 1 aromatic carbocycles. The summed E-state index contributed by atoms with van der Waals surface area (Å²) in [6, 6.07) is 6.31. The minimum absolute atomic E-state index is 0. The van der Waals surface area contributed by atoms with Gasteiger partial charge in [0, 0.05) is 31.7 Å². The van der Waals surface area contributed by atoms with E-state index in [0.717, 1.165) is 37.7 Å². The standard InChI is InChI=1S/C18H28N2O2.ClH/c1-21-16-7-6-15(12-17(16)22-2)13-20-11-10-19-14-18(20)8-4-3-5-9-18;/h6-7,12,19H,3-5,8-11,13-14H2,1-2H3;1H. The van der Waals surface area contributed by atoms with Crippen molar-refractivity contribution in [3.63, 3.8) is 0 Å². The summed E-state index contributed by atoms with van der Waals surface area (Å²) in [5.74, 6) is 1.63. The Bertz CT molecular complexity index is 496. The van der Waals surface area contributed by atoms with Crippen molar-refractivity contribution < 1.29 is 9.47 Å². The molecule has 3 rings (SSSR count). The largest absolute Gasteiger partial charge is 0.493 e. The summed E-state index contributed by atoms with van der Waals surface area (Å²) in [5, 5.41) is 3.62. The molecular weight excluding hydrogens is 312 g/mol. The summed E-state index contributed by atoms with van der Waals surface area (Å²) in [6.07, 6.45) is 6.78. The highest BCUT2D eigenvalue weighted by atomic mass is 35.5. The van der Waals surface area contributed by atoms with E-state index in [1.165, 1.54) is 37.7 Å². The maximum atomic E-state index is 5.45. The summed E-state index contributed by atoms with van der Waals surface area (Å²) < 4.78 is 10.8. The maximum absolute atomic E-state index is 5.45. The first-order chi connectivity index (χ1) is 10.8. The molecule has 0 bridgehead atoms. The first kappa shape index (κ1) is 18.4. The number of halogens is 1. The molecule has 0 radical (unpaired) electrons. The van der Waals surface area contributed by atoms with Crippen LogP contribution in [0.4, 0.5) is 0 Å². The molecule has 1 spiro atoms. The van der Waals surface area contributed by atoms with Crippen molar-refractivity contribution in [1.82, 2.24) is 10.2 Å². The summed E-state index contributed by atoms with van der Waals surface area (Å²) in [7, 11) is 3.39. The lowest BCUT2D eigenvalue weighted by Crippen LogP contribution is -2.61. The van der Waals surface area contributed by atoms with Gasteiger partial charge in [0.25, 0.3) is 0 Å². The van der Waals surface area contributed by atoms with Crippen LogP contribution in [0.25, 0.3) is 0 Å². The van der Waals surface area contributed by atoms with Crippen LogP contribution in [0.1, 0.15) is 37.7 Å². The molecule has 2 fully saturated rings. The molecule has 2 aliphatic rings. The van der Waals surface area contributed by atoms with Crippen molar-refractivity contribution in [3.8, 4) is 11.5 Å². The Kier molecular flexibility index (Phi) is 6.57. The van der Waals surface area contributed by atoms with Gasteiger partial charge in [-0.1, -0.05) is 25.3 Å². The lowest BCUT2D eigenvalue weighted by atomic mass is 9.79. The van der Waals surface area contributed by atoms with E-state index in [-0.39, 0.29) is 12.4 Å². The lowest BCUT2D eigenvalue weighted by Gasteiger charge is -2.50. The third-order valence-electron chi connectivity index (χ3n) is 5.29. The molecule has 0 unspecified atom stereocenters. The Morgan fingerprint density at radius 3 is 2.52 bits per heavy atom. The summed E-state index contributed by atoms with van der Waals surface area (Å²) in [6.45, 7) is 4.37. The monoisotopic (exact) mass is 340 g/mol. The van der Waals surface area contributed by atoms with Crippen LogP contribution in [0.3, 0.4) is 0 Å². The van der Waals surface area contributed by atoms with E-state index >= 15 is 0 Å². The Labute approximate surface area is 145 Å². The van der Waals surface area contributed by atoms with Gasteiger partial charge in [-0.2, -0.15) is 0 Å². The quantitative estimate of drug-likeness (QED) is 0.912. The fourth-order valence-corrected chi connectivity index (χ4v) is 4.03. The van der Waals surface area contributed by atoms with Gasteiger partial charge in [0.1, 0.15) is 0 Å². The van der Waals surface area contributed by atoms with Crippen molar-refractivity contribution in [1.29, 1.82) is 0 Å². The second-order valence-corrected chi connectivity index (χ2v) is 6.57. The van der Waals surface area contributed by atoms with Gasteiger partial charge in [0.05, 0.1) is 14.2 Å². The van der Waals surface area contributed by atoms with Crippen molar-refractivity contribution in [2.24, 2.45) is 0 Å². The highest BCUT2D eigenvalue weighted by Gasteiger charge is 2.39. The number of methoxy groups -OCH3 is 2. The molecule has 1 saturated carbocycles. The molecule has 1 N–H and O–H groups in total. The third-order valence-corrected chi connectivity index (χ3v) is 5.29. The number of hydrogen-bond acceptors (Lipinski definition) is 4. The van der Waals surface area contributed by atoms with Crippen LogP contribution in [0.15, 0.2) is 18.2 Å². The molecule has 1 aliphatic heterocycles. The van der Waals surface area contributed by atoms with Gasteiger partial charge in [-0.3, -0.25) is 4.90 Å². The summed E-state index contributed by atoms with van der Waals surface area (Å²) in [5.41, 5.74) is 1.67. The van der Waals surface area contributed by atoms with Crippen molar-refractivity contribution >= 4 is 12.4 Å². The molecule has 1 heterocycles. The summed E-state index contributed by atoms with van der Waals surface area (Å²) in [4.78, 5) is 2.70. The molecule has 5 heteroatoms. The second kappa shape index (κ2) is 8.22. The highest BCUT2D eigenvalue weighted by molar-refractivity contribution is 5.85. The van der Waals surface area contributed by atoms with Crippen LogP contribution in [0.2, 0.25) is 0 Å². The van der Waals surface area contributed by atoms with E-state index in [2.05, 4.69) is 22.3 Å². The fraction of sp³-hybridized carbons (Fsp3) is 0.667. The fourth-order valence-electron chi connectivity index (χ4n) is 4.03. The minimum Gasteiger partial charge on any atom is -0.493 e. The predicted molar refractivity (Wildman–Crippen MR) is 95.9 cm³/mol. The molecule has 1 saturated heterocycles. The van der Waals surface area contributed by atoms with Crippen molar-refractivity contribution in [3.05, 3.63) is 23.8 Å². The van der Waals surface area contributed by atoms with Gasteiger partial charge in [0.2, 0.25) is 0 Å². The van der Waals surface area contributed by atoms with Gasteiger partial charge < -0.3 is 14.8 Å². The smallest absolute Gasteiger partial charge is 0.161 e. The highest BCUT2D eigenvalue weighted by Crippen LogP contribution is 2.36. The zero-order valence-corrected chi connectivity index (χ0v) is 15.1. The van der Waals surface area contributed by atoms with Crippen molar-refractivity contribution in [2.75, 3.05) is 33.9 Å². The van der Waals surface area contributed by atoms with Crippen LogP contribution in [-0.2, 0) is 6.54 Å². The molecule has 0 amide bonds. The molecule has 4 nitrogen and oxygen atoms in total. The number of ether oxygens (including phenoxy) is 2. The average molecular weight is 341 g/mol. The second-order valence-electron chi connectivity index (χ2n) is 6.57. The van der Waals surface area contributed by atoms with E-state index in [0.29, 0.717) is 5.54 Å². The van der Waals surface area contributed by atoms with Crippen LogP contribution in [0, 0.1) is 0 Å². The molecule has 0 aromatic heterocycles. The van der Waals surface area contributed by atoms with E-state index < -0.39 is 0 Å². The van der Waals surface area contributed by atoms with Crippen molar-refractivity contribution in [2.45, 2.75) is 44.2 Å². The predicted octanol–water partition coefficient (Wildman–Crippen LogP) is 3.23. The molecule has 1 aliphatic carbocycles. The number of rotatable bonds is 4. The van der Waals surface area contributed by atoms with Crippen LogP contribution in [0.5, 0.6) is 11.5 Å². The average Bonchev–Trinajstić information content (AvgIpc) is 2.58. The van der Waals surface area contributed by atoms with E-state index in [4.69, 9.17) is 9.47 Å². The zero-order chi connectivity index (χ0) is 15.4. The lowest BCUT2D eigenvalue weighted by molar-refractivity contribution is 0.0208. The van der Waals surface area contributed by atoms with Crippen LogP contribution < -0.4 is 14.8 Å². The Morgan fingerprint density at radius 1 is 1.09 bits per heavy atom. The van der Waals surface area contributed by atoms with Gasteiger partial charge in [-0.25, -0.2) is 0 Å². The molecular formula is C18H29ClN2O2. The van der Waals surface area contributed by atoms with Crippen LogP contribution in [-0.4, -0.2) is 44.3 Å². The Balaban J connectivity index is 0.00000192. The Morgan fingerprint density at radius 2 is 1.83 bits per heavy atom. The SMILES string of the molecule is COc1ccc(CN2CCNCC23CCCCC3)cc1OC.Cl. The van der Waals surface area contributed by atoms with E-state index in [9.17, 15) is 0 Å². The van der Waals surface area contributed by atoms with E-state index in [1.54, 1.807) is 14.2 Å². The maximum Gasteiger partial charge on any atom is 0.161 e. The molecule has 130 valence electrons. The number of nitrogens with one attached hydrogen (secondary N) is 1. The topological polar surface area (TPSA) is 33.7 Å². The minimum atomic E-state index is 0. The van der Waals surface area contributed by atoms with Crippen LogP contribution >= 0.6 is 12.4 Å². The number of benzene rings is 1. The Hall–Kier alpha value is -0.970. The molecule has 1 aromatic rings.